The van der Waals surface area contributed by atoms with Crippen LogP contribution in [0.1, 0.15) is 30.1 Å². The van der Waals surface area contributed by atoms with Gasteiger partial charge in [0.05, 0.1) is 10.0 Å². The first kappa shape index (κ1) is 14.6. The zero-order valence-electron chi connectivity index (χ0n) is 11.4. The summed E-state index contributed by atoms with van der Waals surface area (Å²) in [5, 5.41) is 0.636. The molecule has 0 atom stereocenters. The number of rotatable bonds is 4. The summed E-state index contributed by atoms with van der Waals surface area (Å²) >= 11 is 9.37. The van der Waals surface area contributed by atoms with Crippen LogP contribution in [0.2, 0.25) is 5.02 Å². The zero-order valence-corrected chi connectivity index (χ0v) is 13.7. The normalized spacial score (nSPS) is 14.1. The quantitative estimate of drug-likeness (QED) is 0.625. The van der Waals surface area contributed by atoms with E-state index in [1.165, 1.54) is 0 Å². The Labute approximate surface area is 136 Å². The lowest BCUT2D eigenvalue weighted by molar-refractivity contribution is 0.452. The van der Waals surface area contributed by atoms with Gasteiger partial charge in [0.1, 0.15) is 11.6 Å². The van der Waals surface area contributed by atoms with Crippen LogP contribution < -0.4 is 16.0 Å². The monoisotopic (exact) mass is 368 g/mol. The van der Waals surface area contributed by atoms with Gasteiger partial charge in [-0.15, -0.1) is 0 Å². The number of nitrogens with two attached hydrogens (primary N) is 1. The van der Waals surface area contributed by atoms with E-state index in [0.717, 1.165) is 28.7 Å². The van der Waals surface area contributed by atoms with Gasteiger partial charge in [-0.05, 0) is 53.9 Å². The average molecular weight is 370 g/mol. The highest BCUT2D eigenvalue weighted by molar-refractivity contribution is 9.10. The number of hydrazine groups is 1. The maximum absolute atomic E-state index is 5.94. The molecule has 21 heavy (non-hydrogen) atoms. The van der Waals surface area contributed by atoms with E-state index in [1.807, 2.05) is 6.92 Å². The predicted molar refractivity (Wildman–Crippen MR) is 85.8 cm³/mol. The standard InChI is InChI=1S/C14H14BrClN4O/c1-7-12(20-17)18-13(8-2-3-8)19-14(7)21-11-5-4-9(16)6-10(11)15/h4-6,8H,2-3,17H2,1H3,(H,18,19,20). The van der Waals surface area contributed by atoms with E-state index in [1.54, 1.807) is 18.2 Å². The summed E-state index contributed by atoms with van der Waals surface area (Å²) in [4.78, 5) is 8.95. The molecule has 1 heterocycles. The molecule has 1 aromatic heterocycles. The van der Waals surface area contributed by atoms with Crippen molar-refractivity contribution in [2.75, 3.05) is 5.43 Å². The molecule has 0 saturated heterocycles. The average Bonchev–Trinajstić information content (AvgIpc) is 3.28. The lowest BCUT2D eigenvalue weighted by Crippen LogP contribution is -2.13. The summed E-state index contributed by atoms with van der Waals surface area (Å²) in [6.07, 6.45) is 2.22. The number of anilines is 1. The van der Waals surface area contributed by atoms with Gasteiger partial charge < -0.3 is 10.2 Å². The first-order chi connectivity index (χ1) is 10.1. The smallest absolute Gasteiger partial charge is 0.227 e. The van der Waals surface area contributed by atoms with Crippen LogP contribution >= 0.6 is 27.5 Å². The van der Waals surface area contributed by atoms with E-state index in [4.69, 9.17) is 22.2 Å². The summed E-state index contributed by atoms with van der Waals surface area (Å²) in [5.74, 6) is 8.45. The molecule has 5 nitrogen and oxygen atoms in total. The Morgan fingerprint density at radius 3 is 2.76 bits per heavy atom. The third kappa shape index (κ3) is 3.12. The molecule has 0 radical (unpaired) electrons. The largest absolute Gasteiger partial charge is 0.437 e. The Bertz CT molecular complexity index is 691. The van der Waals surface area contributed by atoms with E-state index in [9.17, 15) is 0 Å². The Balaban J connectivity index is 1.98. The number of nitrogens with one attached hydrogen (secondary N) is 1. The van der Waals surface area contributed by atoms with E-state index in [-0.39, 0.29) is 0 Å². The lowest BCUT2D eigenvalue weighted by atomic mass is 10.3. The summed E-state index contributed by atoms with van der Waals surface area (Å²) in [7, 11) is 0. The summed E-state index contributed by atoms with van der Waals surface area (Å²) < 4.78 is 6.67. The highest BCUT2D eigenvalue weighted by Gasteiger charge is 2.28. The van der Waals surface area contributed by atoms with Crippen LogP contribution in [-0.2, 0) is 0 Å². The van der Waals surface area contributed by atoms with E-state index < -0.39 is 0 Å². The van der Waals surface area contributed by atoms with E-state index >= 15 is 0 Å². The van der Waals surface area contributed by atoms with Crippen LogP contribution in [-0.4, -0.2) is 9.97 Å². The molecule has 1 aromatic carbocycles. The molecule has 1 saturated carbocycles. The highest BCUT2D eigenvalue weighted by atomic mass is 79.9. The molecule has 0 amide bonds. The second kappa shape index (κ2) is 5.79. The van der Waals surface area contributed by atoms with Crippen molar-refractivity contribution in [3.63, 3.8) is 0 Å². The Hall–Kier alpha value is -1.37. The second-order valence-corrected chi connectivity index (χ2v) is 6.25. The molecule has 3 N–H and O–H groups in total. The minimum atomic E-state index is 0.411. The van der Waals surface area contributed by atoms with Gasteiger partial charge in [-0.1, -0.05) is 11.6 Å². The lowest BCUT2D eigenvalue weighted by Gasteiger charge is -2.13. The molecule has 0 spiro atoms. The number of nitrogens with zero attached hydrogens (tertiary/aromatic N) is 2. The minimum absolute atomic E-state index is 0.411. The van der Waals surface area contributed by atoms with Crippen molar-refractivity contribution in [2.45, 2.75) is 25.7 Å². The third-order valence-corrected chi connectivity index (χ3v) is 4.15. The van der Waals surface area contributed by atoms with Gasteiger partial charge in [0.25, 0.3) is 0 Å². The van der Waals surface area contributed by atoms with Crippen LogP contribution in [0.15, 0.2) is 22.7 Å². The van der Waals surface area contributed by atoms with Gasteiger partial charge in [-0.3, -0.25) is 0 Å². The fourth-order valence-electron chi connectivity index (χ4n) is 1.94. The van der Waals surface area contributed by atoms with Crippen molar-refractivity contribution in [3.05, 3.63) is 39.1 Å². The van der Waals surface area contributed by atoms with Crippen LogP contribution in [0.5, 0.6) is 11.6 Å². The minimum Gasteiger partial charge on any atom is -0.437 e. The van der Waals surface area contributed by atoms with Gasteiger partial charge in [0.15, 0.2) is 5.82 Å². The van der Waals surface area contributed by atoms with Gasteiger partial charge in [-0.25, -0.2) is 10.8 Å². The van der Waals surface area contributed by atoms with E-state index in [0.29, 0.717) is 28.4 Å². The molecule has 0 unspecified atom stereocenters. The Kier molecular flexibility index (Phi) is 4.01. The molecule has 1 fully saturated rings. The maximum Gasteiger partial charge on any atom is 0.227 e. The molecule has 0 bridgehead atoms. The van der Waals surface area contributed by atoms with Crippen LogP contribution in [0.25, 0.3) is 0 Å². The summed E-state index contributed by atoms with van der Waals surface area (Å²) in [5.41, 5.74) is 3.37. The molecule has 1 aliphatic carbocycles. The number of halogens is 2. The Morgan fingerprint density at radius 2 is 2.14 bits per heavy atom. The maximum atomic E-state index is 5.94. The molecule has 1 aliphatic rings. The van der Waals surface area contributed by atoms with Crippen LogP contribution in [0.4, 0.5) is 5.82 Å². The number of hydrogen-bond donors (Lipinski definition) is 2. The van der Waals surface area contributed by atoms with Crippen LogP contribution in [0.3, 0.4) is 0 Å². The number of hydrogen-bond acceptors (Lipinski definition) is 5. The number of ether oxygens (including phenoxy) is 1. The highest BCUT2D eigenvalue weighted by Crippen LogP contribution is 2.41. The number of aromatic nitrogens is 2. The van der Waals surface area contributed by atoms with Crippen molar-refractivity contribution in [3.8, 4) is 11.6 Å². The van der Waals surface area contributed by atoms with Crippen molar-refractivity contribution in [1.82, 2.24) is 9.97 Å². The second-order valence-electron chi connectivity index (χ2n) is 4.96. The summed E-state index contributed by atoms with van der Waals surface area (Å²) in [6, 6.07) is 5.33. The van der Waals surface area contributed by atoms with Gasteiger partial charge in [0.2, 0.25) is 5.88 Å². The van der Waals surface area contributed by atoms with Crippen molar-refractivity contribution in [1.29, 1.82) is 0 Å². The molecule has 3 rings (SSSR count). The molecular formula is C14H14BrClN4O. The van der Waals surface area contributed by atoms with Crippen LogP contribution in [0, 0.1) is 6.92 Å². The van der Waals surface area contributed by atoms with Crippen molar-refractivity contribution < 1.29 is 4.74 Å². The zero-order chi connectivity index (χ0) is 15.0. The van der Waals surface area contributed by atoms with Gasteiger partial charge >= 0.3 is 0 Å². The van der Waals surface area contributed by atoms with Crippen molar-refractivity contribution in [2.24, 2.45) is 5.84 Å². The fourth-order valence-corrected chi connectivity index (χ4v) is 2.70. The Morgan fingerprint density at radius 1 is 1.38 bits per heavy atom. The first-order valence-electron chi connectivity index (χ1n) is 6.56. The predicted octanol–water partition coefficient (Wildman–Crippen LogP) is 4.16. The number of benzene rings is 1. The SMILES string of the molecule is Cc1c(NN)nc(C2CC2)nc1Oc1ccc(Cl)cc1Br. The molecular weight excluding hydrogens is 356 g/mol. The van der Waals surface area contributed by atoms with Gasteiger partial charge in [-0.2, -0.15) is 4.98 Å². The molecule has 7 heteroatoms. The van der Waals surface area contributed by atoms with E-state index in [2.05, 4.69) is 31.3 Å². The third-order valence-electron chi connectivity index (χ3n) is 3.30. The molecule has 0 aliphatic heterocycles. The molecule has 110 valence electrons. The molecule has 2 aromatic rings. The van der Waals surface area contributed by atoms with Gasteiger partial charge in [0, 0.05) is 10.9 Å². The number of nitrogen functional groups attached to an aromatic ring is 1. The fraction of sp³-hybridized carbons (Fsp3) is 0.286. The topological polar surface area (TPSA) is 73.1 Å². The first-order valence-corrected chi connectivity index (χ1v) is 7.73. The van der Waals surface area contributed by atoms with Crippen molar-refractivity contribution >= 4 is 33.3 Å². The summed E-state index contributed by atoms with van der Waals surface area (Å²) in [6.45, 7) is 1.87.